The highest BCUT2D eigenvalue weighted by molar-refractivity contribution is 7.09. The molecule has 4 rings (SSSR count). The smallest absolute Gasteiger partial charge is 0.261 e. The zero-order valence-electron chi connectivity index (χ0n) is 19.8. The first-order valence-electron chi connectivity index (χ1n) is 12.1. The Hall–Kier alpha value is -3.19. The SMILES string of the molecule is O=C(CN(C(=O)COc1ccccc1)C1CCCCC1)N(Cc1ccc(F)cc1)Cc1cccs1. The Morgan fingerprint density at radius 1 is 0.886 bits per heavy atom. The predicted molar refractivity (Wildman–Crippen MR) is 135 cm³/mol. The highest BCUT2D eigenvalue weighted by Gasteiger charge is 2.29. The Bertz CT molecular complexity index is 1070. The van der Waals surface area contributed by atoms with Gasteiger partial charge in [0.05, 0.1) is 6.54 Å². The quantitative estimate of drug-likeness (QED) is 0.366. The van der Waals surface area contributed by atoms with E-state index in [1.807, 2.05) is 47.8 Å². The van der Waals surface area contributed by atoms with Gasteiger partial charge in [0.25, 0.3) is 5.91 Å². The van der Waals surface area contributed by atoms with E-state index in [2.05, 4.69) is 0 Å². The summed E-state index contributed by atoms with van der Waals surface area (Å²) in [6, 6.07) is 19.4. The average molecular weight is 495 g/mol. The topological polar surface area (TPSA) is 49.9 Å². The van der Waals surface area contributed by atoms with E-state index in [1.165, 1.54) is 12.1 Å². The largest absolute Gasteiger partial charge is 0.484 e. The zero-order chi connectivity index (χ0) is 24.5. The standard InChI is InChI=1S/C28H31FN2O3S/c29-23-15-13-22(14-16-23)18-30(19-26-12-7-17-35-26)27(32)20-31(24-8-3-1-4-9-24)28(33)21-34-25-10-5-2-6-11-25/h2,5-7,10-17,24H,1,3-4,8-9,18-21H2. The summed E-state index contributed by atoms with van der Waals surface area (Å²) in [4.78, 5) is 31.4. The van der Waals surface area contributed by atoms with Gasteiger partial charge >= 0.3 is 0 Å². The molecule has 0 atom stereocenters. The summed E-state index contributed by atoms with van der Waals surface area (Å²) in [5, 5.41) is 1.98. The maximum atomic E-state index is 13.6. The van der Waals surface area contributed by atoms with Crippen LogP contribution in [0, 0.1) is 5.82 Å². The first-order chi connectivity index (χ1) is 17.1. The molecule has 35 heavy (non-hydrogen) atoms. The number of carbonyl (C=O) groups is 2. The number of benzene rings is 2. The van der Waals surface area contributed by atoms with Crippen molar-refractivity contribution in [2.75, 3.05) is 13.2 Å². The Balaban J connectivity index is 1.49. The average Bonchev–Trinajstić information content (AvgIpc) is 3.41. The molecule has 2 amide bonds. The Morgan fingerprint density at radius 2 is 1.63 bits per heavy atom. The molecule has 184 valence electrons. The highest BCUT2D eigenvalue weighted by atomic mass is 32.1. The molecule has 1 saturated carbocycles. The van der Waals surface area contributed by atoms with Gasteiger partial charge in [0, 0.05) is 17.5 Å². The lowest BCUT2D eigenvalue weighted by Crippen LogP contribution is -2.49. The number of para-hydroxylation sites is 1. The van der Waals surface area contributed by atoms with E-state index >= 15 is 0 Å². The molecule has 0 bridgehead atoms. The van der Waals surface area contributed by atoms with E-state index in [1.54, 1.807) is 33.3 Å². The summed E-state index contributed by atoms with van der Waals surface area (Å²) in [7, 11) is 0. The van der Waals surface area contributed by atoms with E-state index in [0.717, 1.165) is 42.5 Å². The molecular formula is C28H31FN2O3S. The summed E-state index contributed by atoms with van der Waals surface area (Å²) in [5.41, 5.74) is 0.847. The number of rotatable bonds is 10. The molecule has 0 saturated heterocycles. The summed E-state index contributed by atoms with van der Waals surface area (Å²) < 4.78 is 19.1. The number of hydrogen-bond donors (Lipinski definition) is 0. The lowest BCUT2D eigenvalue weighted by molar-refractivity contribution is -0.145. The van der Waals surface area contributed by atoms with Gasteiger partial charge in [-0.25, -0.2) is 4.39 Å². The summed E-state index contributed by atoms with van der Waals surface area (Å²) in [6.07, 6.45) is 5.05. The minimum Gasteiger partial charge on any atom is -0.484 e. The van der Waals surface area contributed by atoms with Gasteiger partial charge in [0.15, 0.2) is 6.61 Å². The Morgan fingerprint density at radius 3 is 2.31 bits per heavy atom. The van der Waals surface area contributed by atoms with Crippen molar-refractivity contribution in [1.29, 1.82) is 0 Å². The fourth-order valence-electron chi connectivity index (χ4n) is 4.44. The minimum absolute atomic E-state index is 0.00815. The fourth-order valence-corrected chi connectivity index (χ4v) is 5.16. The van der Waals surface area contributed by atoms with Crippen LogP contribution in [0.2, 0.25) is 0 Å². The van der Waals surface area contributed by atoms with Gasteiger partial charge in [-0.1, -0.05) is 55.7 Å². The van der Waals surface area contributed by atoms with Crippen LogP contribution in [0.5, 0.6) is 5.75 Å². The number of halogens is 1. The van der Waals surface area contributed by atoms with Crippen molar-refractivity contribution in [2.24, 2.45) is 0 Å². The van der Waals surface area contributed by atoms with Crippen LogP contribution < -0.4 is 4.74 Å². The molecule has 0 aliphatic heterocycles. The first kappa shape index (κ1) is 24.9. The van der Waals surface area contributed by atoms with Crippen LogP contribution in [0.4, 0.5) is 4.39 Å². The predicted octanol–water partition coefficient (Wildman–Crippen LogP) is 5.66. The van der Waals surface area contributed by atoms with E-state index < -0.39 is 0 Å². The van der Waals surface area contributed by atoms with Crippen LogP contribution in [-0.2, 0) is 22.7 Å². The number of carbonyl (C=O) groups excluding carboxylic acids is 2. The number of thiophene rings is 1. The third-order valence-electron chi connectivity index (χ3n) is 6.31. The van der Waals surface area contributed by atoms with Gasteiger partial charge in [0.1, 0.15) is 18.1 Å². The van der Waals surface area contributed by atoms with E-state index in [-0.39, 0.29) is 36.8 Å². The third-order valence-corrected chi connectivity index (χ3v) is 7.17. The second kappa shape index (κ2) is 12.5. The van der Waals surface area contributed by atoms with Crippen molar-refractivity contribution in [1.82, 2.24) is 9.80 Å². The van der Waals surface area contributed by atoms with Gasteiger partial charge in [0.2, 0.25) is 5.91 Å². The van der Waals surface area contributed by atoms with E-state index in [9.17, 15) is 14.0 Å². The first-order valence-corrected chi connectivity index (χ1v) is 13.0. The molecule has 3 aromatic rings. The summed E-state index contributed by atoms with van der Waals surface area (Å²) in [5.74, 6) is 0.0251. The molecule has 1 fully saturated rings. The second-order valence-electron chi connectivity index (χ2n) is 8.87. The van der Waals surface area contributed by atoms with Crippen LogP contribution in [0.3, 0.4) is 0 Å². The number of nitrogens with zero attached hydrogens (tertiary/aromatic N) is 2. The maximum Gasteiger partial charge on any atom is 0.261 e. The van der Waals surface area contributed by atoms with Gasteiger partial charge < -0.3 is 14.5 Å². The van der Waals surface area contributed by atoms with Crippen molar-refractivity contribution >= 4 is 23.2 Å². The minimum atomic E-state index is -0.308. The van der Waals surface area contributed by atoms with Gasteiger partial charge in [-0.2, -0.15) is 0 Å². The second-order valence-corrected chi connectivity index (χ2v) is 9.90. The number of amides is 2. The molecule has 7 heteroatoms. The molecule has 1 aromatic heterocycles. The Labute approximate surface area is 210 Å². The van der Waals surface area contributed by atoms with Gasteiger partial charge in [-0.3, -0.25) is 9.59 Å². The Kier molecular flexibility index (Phi) is 8.90. The van der Waals surface area contributed by atoms with Crippen molar-refractivity contribution in [2.45, 2.75) is 51.2 Å². The van der Waals surface area contributed by atoms with Crippen molar-refractivity contribution < 1.29 is 18.7 Å². The lowest BCUT2D eigenvalue weighted by atomic mass is 9.94. The van der Waals surface area contributed by atoms with Crippen molar-refractivity contribution in [3.05, 3.63) is 88.4 Å². The molecule has 5 nitrogen and oxygen atoms in total. The van der Waals surface area contributed by atoms with Crippen LogP contribution in [0.15, 0.2) is 72.1 Å². The van der Waals surface area contributed by atoms with Gasteiger partial charge in [-0.15, -0.1) is 11.3 Å². The third kappa shape index (κ3) is 7.39. The lowest BCUT2D eigenvalue weighted by Gasteiger charge is -2.35. The normalized spacial score (nSPS) is 13.9. The number of hydrogen-bond acceptors (Lipinski definition) is 4. The molecule has 0 radical (unpaired) electrons. The van der Waals surface area contributed by atoms with Gasteiger partial charge in [-0.05, 0) is 54.1 Å². The molecule has 1 heterocycles. The fraction of sp³-hybridized carbons (Fsp3) is 0.357. The van der Waals surface area contributed by atoms with Crippen LogP contribution in [0.25, 0.3) is 0 Å². The summed E-state index contributed by atoms with van der Waals surface area (Å²) >= 11 is 1.59. The molecule has 0 spiro atoms. The van der Waals surface area contributed by atoms with Crippen molar-refractivity contribution in [3.63, 3.8) is 0 Å². The highest BCUT2D eigenvalue weighted by Crippen LogP contribution is 2.24. The molecule has 0 N–H and O–H groups in total. The molecule has 2 aromatic carbocycles. The molecular weight excluding hydrogens is 463 g/mol. The summed E-state index contributed by atoms with van der Waals surface area (Å²) in [6.45, 7) is 0.705. The van der Waals surface area contributed by atoms with Crippen LogP contribution >= 0.6 is 11.3 Å². The van der Waals surface area contributed by atoms with E-state index in [0.29, 0.717) is 18.8 Å². The van der Waals surface area contributed by atoms with Crippen LogP contribution in [0.1, 0.15) is 42.5 Å². The molecule has 1 aliphatic rings. The maximum absolute atomic E-state index is 13.6. The number of ether oxygens (including phenoxy) is 1. The monoisotopic (exact) mass is 494 g/mol. The van der Waals surface area contributed by atoms with Crippen molar-refractivity contribution in [3.8, 4) is 5.75 Å². The molecule has 0 unspecified atom stereocenters. The molecule has 1 aliphatic carbocycles. The zero-order valence-corrected chi connectivity index (χ0v) is 20.6. The van der Waals surface area contributed by atoms with E-state index in [4.69, 9.17) is 4.74 Å². The van der Waals surface area contributed by atoms with Crippen LogP contribution in [-0.4, -0.2) is 40.8 Å².